The molecule has 1 amide bonds. The lowest BCUT2D eigenvalue weighted by Crippen LogP contribution is -2.42. The Morgan fingerprint density at radius 1 is 1.48 bits per heavy atom. The van der Waals surface area contributed by atoms with Crippen LogP contribution in [0.5, 0.6) is 0 Å². The summed E-state index contributed by atoms with van der Waals surface area (Å²) in [5.74, 6) is 2.62. The molecule has 136 valence electrons. The first-order chi connectivity index (χ1) is 11.9. The van der Waals surface area contributed by atoms with Crippen molar-refractivity contribution in [1.82, 2.24) is 19.9 Å². The molecule has 0 radical (unpaired) electrons. The zero-order valence-electron chi connectivity index (χ0n) is 15.2. The fourth-order valence-electron chi connectivity index (χ4n) is 3.12. The summed E-state index contributed by atoms with van der Waals surface area (Å²) in [4.78, 5) is 21.1. The number of nitrogens with one attached hydrogen (secondary N) is 1. The molecule has 3 heterocycles. The molecule has 8 nitrogen and oxygen atoms in total. The zero-order chi connectivity index (χ0) is 18.0. The molecule has 2 aromatic heterocycles. The maximum atomic E-state index is 12.4. The standard InChI is InChI=1S/C17H25N5O3/c1-11-7-15(20-25-11)19-17(23)13(3)22-6-5-14(9-22)21(4)10-16-18-8-12(2)24-16/h7-8,13-14H,5-6,9-10H2,1-4H3,(H,19,20,23)/t13-,14-/m1/s1. The van der Waals surface area contributed by atoms with Crippen molar-refractivity contribution in [2.24, 2.45) is 0 Å². The Bertz CT molecular complexity index is 725. The summed E-state index contributed by atoms with van der Waals surface area (Å²) in [5, 5.41) is 6.61. The Hall–Kier alpha value is -2.19. The van der Waals surface area contributed by atoms with E-state index in [1.165, 1.54) is 0 Å². The van der Waals surface area contributed by atoms with Crippen LogP contribution in [0.25, 0.3) is 0 Å². The molecule has 1 N–H and O–H groups in total. The van der Waals surface area contributed by atoms with Gasteiger partial charge in [0.2, 0.25) is 11.8 Å². The quantitative estimate of drug-likeness (QED) is 0.852. The summed E-state index contributed by atoms with van der Waals surface area (Å²) in [6.45, 7) is 7.99. The Labute approximate surface area is 147 Å². The number of oxazole rings is 1. The molecule has 1 saturated heterocycles. The third-order valence-corrected chi connectivity index (χ3v) is 4.68. The van der Waals surface area contributed by atoms with Crippen LogP contribution in [-0.4, -0.2) is 58.1 Å². The van der Waals surface area contributed by atoms with Crippen molar-refractivity contribution in [2.75, 3.05) is 25.5 Å². The average Bonchev–Trinajstić information content (AvgIpc) is 3.28. The monoisotopic (exact) mass is 347 g/mol. The first-order valence-electron chi connectivity index (χ1n) is 8.52. The van der Waals surface area contributed by atoms with Crippen LogP contribution < -0.4 is 5.32 Å². The minimum Gasteiger partial charge on any atom is -0.445 e. The molecule has 1 aliphatic heterocycles. The van der Waals surface area contributed by atoms with Crippen LogP contribution in [0.1, 0.15) is 30.8 Å². The number of aromatic nitrogens is 2. The van der Waals surface area contributed by atoms with Crippen molar-refractivity contribution < 1.29 is 13.7 Å². The maximum absolute atomic E-state index is 12.4. The van der Waals surface area contributed by atoms with Crippen molar-refractivity contribution in [2.45, 2.75) is 45.8 Å². The largest absolute Gasteiger partial charge is 0.445 e. The smallest absolute Gasteiger partial charge is 0.242 e. The second kappa shape index (κ2) is 7.37. The molecular formula is C17H25N5O3. The van der Waals surface area contributed by atoms with Gasteiger partial charge >= 0.3 is 0 Å². The van der Waals surface area contributed by atoms with E-state index < -0.39 is 0 Å². The second-order valence-corrected chi connectivity index (χ2v) is 6.71. The Morgan fingerprint density at radius 2 is 2.28 bits per heavy atom. The molecule has 1 fully saturated rings. The number of likely N-dealkylation sites (N-methyl/N-ethyl adjacent to an activating group) is 1. The minimum absolute atomic E-state index is 0.0695. The molecule has 2 atom stereocenters. The summed E-state index contributed by atoms with van der Waals surface area (Å²) in [5.41, 5.74) is 0. The minimum atomic E-state index is -0.223. The molecule has 0 unspecified atom stereocenters. The van der Waals surface area contributed by atoms with Crippen LogP contribution in [0, 0.1) is 13.8 Å². The predicted molar refractivity (Wildman–Crippen MR) is 92.0 cm³/mol. The van der Waals surface area contributed by atoms with E-state index in [9.17, 15) is 4.79 Å². The van der Waals surface area contributed by atoms with Crippen LogP contribution in [-0.2, 0) is 11.3 Å². The Balaban J connectivity index is 1.51. The molecule has 3 rings (SSSR count). The van der Waals surface area contributed by atoms with E-state index >= 15 is 0 Å². The number of hydrogen-bond acceptors (Lipinski definition) is 7. The Morgan fingerprint density at radius 3 is 2.92 bits per heavy atom. The first-order valence-corrected chi connectivity index (χ1v) is 8.52. The van der Waals surface area contributed by atoms with E-state index in [1.807, 2.05) is 13.8 Å². The number of nitrogens with zero attached hydrogens (tertiary/aromatic N) is 4. The van der Waals surface area contributed by atoms with Crippen molar-refractivity contribution in [3.05, 3.63) is 29.7 Å². The van der Waals surface area contributed by atoms with E-state index in [-0.39, 0.29) is 11.9 Å². The number of rotatable bonds is 6. The normalized spacial score (nSPS) is 19.5. The van der Waals surface area contributed by atoms with Crippen LogP contribution >= 0.6 is 0 Å². The number of hydrogen-bond donors (Lipinski definition) is 1. The lowest BCUT2D eigenvalue weighted by Gasteiger charge is -2.26. The highest BCUT2D eigenvalue weighted by Gasteiger charge is 2.32. The molecule has 0 saturated carbocycles. The number of amides is 1. The molecule has 0 aromatic carbocycles. The third kappa shape index (κ3) is 4.26. The van der Waals surface area contributed by atoms with E-state index in [4.69, 9.17) is 8.94 Å². The summed E-state index contributed by atoms with van der Waals surface area (Å²) < 4.78 is 10.5. The van der Waals surface area contributed by atoms with E-state index in [0.29, 0.717) is 24.2 Å². The summed E-state index contributed by atoms with van der Waals surface area (Å²) >= 11 is 0. The maximum Gasteiger partial charge on any atom is 0.242 e. The molecule has 25 heavy (non-hydrogen) atoms. The van der Waals surface area contributed by atoms with Crippen LogP contribution in [0.4, 0.5) is 5.82 Å². The van der Waals surface area contributed by atoms with Gasteiger partial charge in [-0.25, -0.2) is 4.98 Å². The van der Waals surface area contributed by atoms with Crippen LogP contribution in [0.2, 0.25) is 0 Å². The van der Waals surface area contributed by atoms with E-state index in [1.54, 1.807) is 19.2 Å². The molecular weight excluding hydrogens is 322 g/mol. The molecule has 0 aliphatic carbocycles. The molecule has 0 spiro atoms. The number of aryl methyl sites for hydroxylation is 2. The number of likely N-dealkylation sites (tertiary alicyclic amines) is 1. The van der Waals surface area contributed by atoms with Crippen molar-refractivity contribution >= 4 is 11.7 Å². The van der Waals surface area contributed by atoms with Gasteiger partial charge in [-0.3, -0.25) is 14.6 Å². The SMILES string of the molecule is Cc1cc(NC(=O)[C@@H](C)N2CC[C@@H](N(C)Cc3ncc(C)o3)C2)no1. The topological polar surface area (TPSA) is 87.6 Å². The number of carbonyl (C=O) groups excluding carboxylic acids is 1. The highest BCUT2D eigenvalue weighted by Crippen LogP contribution is 2.19. The van der Waals surface area contributed by atoms with Gasteiger partial charge in [0.15, 0.2) is 5.82 Å². The van der Waals surface area contributed by atoms with Gasteiger partial charge in [-0.2, -0.15) is 0 Å². The molecule has 2 aromatic rings. The van der Waals surface area contributed by atoms with Crippen LogP contribution in [0.15, 0.2) is 21.2 Å². The van der Waals surface area contributed by atoms with E-state index in [2.05, 4.69) is 32.3 Å². The van der Waals surface area contributed by atoms with Crippen LogP contribution in [0.3, 0.4) is 0 Å². The first kappa shape index (κ1) is 17.6. The number of carbonyl (C=O) groups is 1. The zero-order valence-corrected chi connectivity index (χ0v) is 15.2. The van der Waals surface area contributed by atoms with Gasteiger partial charge in [0.05, 0.1) is 18.8 Å². The third-order valence-electron chi connectivity index (χ3n) is 4.68. The molecule has 8 heteroatoms. The average molecular weight is 347 g/mol. The van der Waals surface area contributed by atoms with Gasteiger partial charge < -0.3 is 14.3 Å². The highest BCUT2D eigenvalue weighted by atomic mass is 16.5. The van der Waals surface area contributed by atoms with Gasteiger partial charge in [0.1, 0.15) is 11.5 Å². The van der Waals surface area contributed by atoms with Crippen molar-refractivity contribution in [3.63, 3.8) is 0 Å². The molecule has 1 aliphatic rings. The van der Waals surface area contributed by atoms with Gasteiger partial charge in [0.25, 0.3) is 0 Å². The van der Waals surface area contributed by atoms with Crippen molar-refractivity contribution in [3.8, 4) is 0 Å². The summed E-state index contributed by atoms with van der Waals surface area (Å²) in [7, 11) is 2.07. The van der Waals surface area contributed by atoms with E-state index in [0.717, 1.165) is 31.2 Å². The van der Waals surface area contributed by atoms with Crippen molar-refractivity contribution in [1.29, 1.82) is 0 Å². The lowest BCUT2D eigenvalue weighted by atomic mass is 10.2. The Kier molecular flexibility index (Phi) is 5.19. The summed E-state index contributed by atoms with van der Waals surface area (Å²) in [6, 6.07) is 1.86. The van der Waals surface area contributed by atoms with Gasteiger partial charge in [0, 0.05) is 25.2 Å². The fourth-order valence-corrected chi connectivity index (χ4v) is 3.12. The van der Waals surface area contributed by atoms with Gasteiger partial charge in [-0.05, 0) is 34.2 Å². The second-order valence-electron chi connectivity index (χ2n) is 6.71. The van der Waals surface area contributed by atoms with Gasteiger partial charge in [-0.15, -0.1) is 0 Å². The number of anilines is 1. The predicted octanol–water partition coefficient (Wildman–Crippen LogP) is 1.81. The van der Waals surface area contributed by atoms with Gasteiger partial charge in [-0.1, -0.05) is 5.16 Å². The molecule has 0 bridgehead atoms. The fraction of sp³-hybridized carbons (Fsp3) is 0.588. The summed E-state index contributed by atoms with van der Waals surface area (Å²) in [6.07, 6.45) is 2.75. The highest BCUT2D eigenvalue weighted by molar-refractivity contribution is 5.93. The lowest BCUT2D eigenvalue weighted by molar-refractivity contribution is -0.120.